The zero-order chi connectivity index (χ0) is 18.9. The summed E-state index contributed by atoms with van der Waals surface area (Å²) < 4.78 is 1.65. The van der Waals surface area contributed by atoms with Crippen LogP contribution < -0.4 is 10.9 Å². The minimum absolute atomic E-state index is 0.108. The van der Waals surface area contributed by atoms with E-state index in [1.165, 1.54) is 6.20 Å². The Morgan fingerprint density at radius 2 is 2.00 bits per heavy atom. The Labute approximate surface area is 149 Å². The summed E-state index contributed by atoms with van der Waals surface area (Å²) in [5.74, 6) is -0.919. The molecule has 0 spiro atoms. The summed E-state index contributed by atoms with van der Waals surface area (Å²) in [6.45, 7) is 5.85. The average Bonchev–Trinajstić information content (AvgIpc) is 3.00. The van der Waals surface area contributed by atoms with Gasteiger partial charge in [0.2, 0.25) is 5.95 Å². The van der Waals surface area contributed by atoms with Crippen LogP contribution in [0.2, 0.25) is 0 Å². The molecule has 0 bridgehead atoms. The van der Waals surface area contributed by atoms with Crippen molar-refractivity contribution in [1.29, 1.82) is 0 Å². The van der Waals surface area contributed by atoms with Crippen molar-refractivity contribution >= 4 is 23.0 Å². The Kier molecular flexibility index (Phi) is 4.50. The third kappa shape index (κ3) is 3.58. The van der Waals surface area contributed by atoms with Crippen LogP contribution in [0.1, 0.15) is 26.3 Å². The SMILES string of the molecule is CC(C)(C)n1ncc2c(=O)[nH]c(N[C@@H](Cc3ccccc3)C(=O)O)nc21. The number of aliphatic carboxylic acids is 1. The van der Waals surface area contributed by atoms with Gasteiger partial charge in [-0.15, -0.1) is 0 Å². The van der Waals surface area contributed by atoms with E-state index in [2.05, 4.69) is 20.4 Å². The van der Waals surface area contributed by atoms with Crippen LogP contribution in [0.4, 0.5) is 5.95 Å². The van der Waals surface area contributed by atoms with E-state index in [1.54, 1.807) is 4.68 Å². The molecule has 0 amide bonds. The van der Waals surface area contributed by atoms with Gasteiger partial charge < -0.3 is 10.4 Å². The van der Waals surface area contributed by atoms with E-state index in [1.807, 2.05) is 51.1 Å². The molecule has 1 aromatic carbocycles. The normalized spacial score (nSPS) is 12.9. The second-order valence-corrected chi connectivity index (χ2v) is 7.10. The number of carboxylic acids is 1. The molecular formula is C18H21N5O3. The monoisotopic (exact) mass is 355 g/mol. The quantitative estimate of drug-likeness (QED) is 0.645. The van der Waals surface area contributed by atoms with Crippen LogP contribution in [-0.2, 0) is 16.8 Å². The molecule has 0 aliphatic heterocycles. The second kappa shape index (κ2) is 6.62. The minimum atomic E-state index is -1.03. The van der Waals surface area contributed by atoms with Gasteiger partial charge in [0.1, 0.15) is 11.4 Å². The molecule has 0 saturated heterocycles. The van der Waals surface area contributed by atoms with Gasteiger partial charge in [0.15, 0.2) is 5.65 Å². The lowest BCUT2D eigenvalue weighted by molar-refractivity contribution is -0.137. The number of rotatable bonds is 5. The molecule has 3 N–H and O–H groups in total. The van der Waals surface area contributed by atoms with Gasteiger partial charge >= 0.3 is 5.97 Å². The maximum Gasteiger partial charge on any atom is 0.326 e. The zero-order valence-electron chi connectivity index (χ0n) is 14.9. The lowest BCUT2D eigenvalue weighted by Crippen LogP contribution is -2.33. The fourth-order valence-electron chi connectivity index (χ4n) is 2.69. The number of anilines is 1. The summed E-state index contributed by atoms with van der Waals surface area (Å²) in [4.78, 5) is 30.9. The summed E-state index contributed by atoms with van der Waals surface area (Å²) >= 11 is 0. The number of H-pyrrole nitrogens is 1. The van der Waals surface area contributed by atoms with Crippen LogP contribution in [0.5, 0.6) is 0 Å². The molecule has 1 atom stereocenters. The van der Waals surface area contributed by atoms with E-state index in [-0.39, 0.29) is 23.5 Å². The van der Waals surface area contributed by atoms with Crippen LogP contribution >= 0.6 is 0 Å². The second-order valence-electron chi connectivity index (χ2n) is 7.10. The first kappa shape index (κ1) is 17.7. The number of aromatic amines is 1. The van der Waals surface area contributed by atoms with Crippen molar-refractivity contribution in [3.63, 3.8) is 0 Å². The van der Waals surface area contributed by atoms with E-state index in [4.69, 9.17) is 0 Å². The van der Waals surface area contributed by atoms with Gasteiger partial charge in [0, 0.05) is 6.42 Å². The molecule has 8 nitrogen and oxygen atoms in total. The first-order chi connectivity index (χ1) is 12.3. The Hall–Kier alpha value is -3.16. The molecule has 0 aliphatic rings. The number of carboxylic acid groups (broad SMARTS) is 1. The summed E-state index contributed by atoms with van der Waals surface area (Å²) in [7, 11) is 0. The molecule has 0 unspecified atom stereocenters. The third-order valence-corrected chi connectivity index (χ3v) is 3.97. The fraction of sp³-hybridized carbons (Fsp3) is 0.333. The third-order valence-electron chi connectivity index (χ3n) is 3.97. The van der Waals surface area contributed by atoms with Gasteiger partial charge in [-0.3, -0.25) is 9.78 Å². The number of aromatic nitrogens is 4. The van der Waals surface area contributed by atoms with Crippen LogP contribution in [0.25, 0.3) is 11.0 Å². The van der Waals surface area contributed by atoms with Gasteiger partial charge in [0.05, 0.1) is 11.7 Å². The van der Waals surface area contributed by atoms with Crippen molar-refractivity contribution in [3.8, 4) is 0 Å². The van der Waals surface area contributed by atoms with Gasteiger partial charge in [-0.1, -0.05) is 30.3 Å². The van der Waals surface area contributed by atoms with Crippen molar-refractivity contribution in [3.05, 3.63) is 52.4 Å². The topological polar surface area (TPSA) is 113 Å². The van der Waals surface area contributed by atoms with E-state index < -0.39 is 12.0 Å². The highest BCUT2D eigenvalue weighted by atomic mass is 16.4. The summed E-state index contributed by atoms with van der Waals surface area (Å²) in [5, 5.41) is 16.9. The largest absolute Gasteiger partial charge is 0.480 e. The smallest absolute Gasteiger partial charge is 0.326 e. The lowest BCUT2D eigenvalue weighted by atomic mass is 10.1. The standard InChI is InChI=1S/C18H21N5O3/c1-18(2,3)23-14-12(10-19-23)15(24)22-17(21-14)20-13(16(25)26)9-11-7-5-4-6-8-11/h4-8,10,13H,9H2,1-3H3,(H,25,26)(H2,20,21,22,24)/t13-/m0/s1. The zero-order valence-corrected chi connectivity index (χ0v) is 14.9. The maximum atomic E-state index is 12.3. The first-order valence-corrected chi connectivity index (χ1v) is 8.27. The van der Waals surface area contributed by atoms with E-state index in [0.717, 1.165) is 5.56 Å². The predicted octanol–water partition coefficient (Wildman–Crippen LogP) is 1.98. The molecule has 136 valence electrons. The Morgan fingerprint density at radius 1 is 1.31 bits per heavy atom. The van der Waals surface area contributed by atoms with Gasteiger partial charge in [-0.05, 0) is 26.3 Å². The number of hydrogen-bond donors (Lipinski definition) is 3. The van der Waals surface area contributed by atoms with Crippen molar-refractivity contribution in [2.75, 3.05) is 5.32 Å². The molecule has 3 aromatic rings. The summed E-state index contributed by atoms with van der Waals surface area (Å²) in [5.41, 5.74) is 0.552. The molecule has 2 aromatic heterocycles. The molecule has 3 rings (SSSR count). The van der Waals surface area contributed by atoms with Crippen molar-refractivity contribution in [1.82, 2.24) is 19.7 Å². The Bertz CT molecular complexity index is 985. The molecule has 0 fully saturated rings. The fourth-order valence-corrected chi connectivity index (χ4v) is 2.69. The number of benzene rings is 1. The Morgan fingerprint density at radius 3 is 2.62 bits per heavy atom. The Balaban J connectivity index is 1.96. The minimum Gasteiger partial charge on any atom is -0.480 e. The molecular weight excluding hydrogens is 334 g/mol. The van der Waals surface area contributed by atoms with Gasteiger partial charge in [-0.2, -0.15) is 10.1 Å². The van der Waals surface area contributed by atoms with Gasteiger partial charge in [0.25, 0.3) is 5.56 Å². The molecule has 0 saturated carbocycles. The lowest BCUT2D eigenvalue weighted by Gasteiger charge is -2.20. The highest BCUT2D eigenvalue weighted by molar-refractivity contribution is 5.78. The molecule has 0 radical (unpaired) electrons. The summed E-state index contributed by atoms with van der Waals surface area (Å²) in [6.07, 6.45) is 1.73. The number of nitrogens with one attached hydrogen (secondary N) is 2. The van der Waals surface area contributed by atoms with Crippen LogP contribution in [0.15, 0.2) is 41.3 Å². The maximum absolute atomic E-state index is 12.3. The molecule has 0 aliphatic carbocycles. The number of hydrogen-bond acceptors (Lipinski definition) is 5. The van der Waals surface area contributed by atoms with Crippen LogP contribution in [-0.4, -0.2) is 36.9 Å². The molecule has 8 heteroatoms. The van der Waals surface area contributed by atoms with Gasteiger partial charge in [-0.25, -0.2) is 9.48 Å². The molecule has 2 heterocycles. The highest BCUT2D eigenvalue weighted by Crippen LogP contribution is 2.19. The van der Waals surface area contributed by atoms with Crippen molar-refractivity contribution < 1.29 is 9.90 Å². The number of fused-ring (bicyclic) bond motifs is 1. The van der Waals surface area contributed by atoms with E-state index in [9.17, 15) is 14.7 Å². The average molecular weight is 355 g/mol. The van der Waals surface area contributed by atoms with Crippen molar-refractivity contribution in [2.45, 2.75) is 38.8 Å². The van der Waals surface area contributed by atoms with Crippen molar-refractivity contribution in [2.24, 2.45) is 0 Å². The molecule has 26 heavy (non-hydrogen) atoms. The number of carbonyl (C=O) groups is 1. The van der Waals surface area contributed by atoms with E-state index >= 15 is 0 Å². The summed E-state index contributed by atoms with van der Waals surface area (Å²) in [6, 6.07) is 8.35. The van der Waals surface area contributed by atoms with E-state index in [0.29, 0.717) is 11.0 Å². The van der Waals surface area contributed by atoms with Crippen LogP contribution in [0.3, 0.4) is 0 Å². The van der Waals surface area contributed by atoms with Crippen LogP contribution in [0, 0.1) is 0 Å². The highest BCUT2D eigenvalue weighted by Gasteiger charge is 2.22. The first-order valence-electron chi connectivity index (χ1n) is 8.27. The predicted molar refractivity (Wildman–Crippen MR) is 98.3 cm³/mol. The number of nitrogens with zero attached hydrogens (tertiary/aromatic N) is 3.